The van der Waals surface area contributed by atoms with Crippen molar-refractivity contribution in [3.63, 3.8) is 0 Å². The summed E-state index contributed by atoms with van der Waals surface area (Å²) in [5, 5.41) is 10.9. The van der Waals surface area contributed by atoms with Gasteiger partial charge in [-0.1, -0.05) is 0 Å². The van der Waals surface area contributed by atoms with Gasteiger partial charge < -0.3 is 9.84 Å². The standard InChI is InChI=1S/C14H18N2O3S2/c1-8-9-11(20-6-5-19-14(2,3)4)15-7-16-12(9)21-10(8)13(17)18/h7H,5-6H2,1-4H3,(H,17,18). The number of carbonyl (C=O) groups is 1. The van der Waals surface area contributed by atoms with Gasteiger partial charge in [0, 0.05) is 11.1 Å². The van der Waals surface area contributed by atoms with Crippen LogP contribution in [0.4, 0.5) is 0 Å². The van der Waals surface area contributed by atoms with Gasteiger partial charge in [-0.3, -0.25) is 0 Å². The Kier molecular flexibility index (Phi) is 4.85. The predicted molar refractivity (Wildman–Crippen MR) is 85.5 cm³/mol. The van der Waals surface area contributed by atoms with Crippen molar-refractivity contribution in [3.8, 4) is 0 Å². The van der Waals surface area contributed by atoms with Crippen LogP contribution in [0.5, 0.6) is 0 Å². The van der Waals surface area contributed by atoms with E-state index in [0.29, 0.717) is 11.5 Å². The van der Waals surface area contributed by atoms with Gasteiger partial charge in [-0.25, -0.2) is 14.8 Å². The number of aromatic carboxylic acids is 1. The zero-order chi connectivity index (χ0) is 15.6. The van der Waals surface area contributed by atoms with Crippen LogP contribution in [0, 0.1) is 6.92 Å². The molecule has 0 unspecified atom stereocenters. The third-order valence-electron chi connectivity index (χ3n) is 2.74. The fourth-order valence-electron chi connectivity index (χ4n) is 1.84. The van der Waals surface area contributed by atoms with Crippen LogP contribution in [-0.2, 0) is 4.74 Å². The summed E-state index contributed by atoms with van der Waals surface area (Å²) in [6.07, 6.45) is 1.48. The smallest absolute Gasteiger partial charge is 0.346 e. The molecule has 21 heavy (non-hydrogen) atoms. The number of aromatic nitrogens is 2. The Hall–Kier alpha value is -1.18. The molecule has 7 heteroatoms. The lowest BCUT2D eigenvalue weighted by Crippen LogP contribution is -2.20. The molecule has 0 amide bonds. The summed E-state index contributed by atoms with van der Waals surface area (Å²) in [5.74, 6) is -0.149. The summed E-state index contributed by atoms with van der Waals surface area (Å²) in [5.41, 5.74) is 0.582. The van der Waals surface area contributed by atoms with Gasteiger partial charge in [-0.2, -0.15) is 0 Å². The number of thioether (sulfide) groups is 1. The maximum Gasteiger partial charge on any atom is 0.346 e. The van der Waals surface area contributed by atoms with Gasteiger partial charge in [0.2, 0.25) is 0 Å². The highest BCUT2D eigenvalue weighted by Crippen LogP contribution is 2.34. The SMILES string of the molecule is Cc1c(C(=O)O)sc2ncnc(SCCOC(C)(C)C)c12. The van der Waals surface area contributed by atoms with Gasteiger partial charge in [0.25, 0.3) is 0 Å². The van der Waals surface area contributed by atoms with Crippen LogP contribution < -0.4 is 0 Å². The number of carboxylic acids is 1. The van der Waals surface area contributed by atoms with E-state index >= 15 is 0 Å². The molecule has 1 N–H and O–H groups in total. The molecular weight excluding hydrogens is 308 g/mol. The number of nitrogens with zero attached hydrogens (tertiary/aromatic N) is 2. The van der Waals surface area contributed by atoms with Gasteiger partial charge in [-0.15, -0.1) is 23.1 Å². The lowest BCUT2D eigenvalue weighted by Gasteiger charge is -2.19. The predicted octanol–water partition coefficient (Wildman–Crippen LogP) is 3.61. The topological polar surface area (TPSA) is 72.3 Å². The van der Waals surface area contributed by atoms with Gasteiger partial charge in [0.1, 0.15) is 21.1 Å². The van der Waals surface area contributed by atoms with E-state index in [0.717, 1.165) is 26.6 Å². The minimum atomic E-state index is -0.914. The van der Waals surface area contributed by atoms with E-state index in [-0.39, 0.29) is 5.60 Å². The second kappa shape index (κ2) is 6.29. The van der Waals surface area contributed by atoms with Gasteiger partial charge in [-0.05, 0) is 33.3 Å². The molecule has 5 nitrogen and oxygen atoms in total. The largest absolute Gasteiger partial charge is 0.477 e. The third kappa shape index (κ3) is 3.93. The van der Waals surface area contributed by atoms with Crippen LogP contribution in [0.3, 0.4) is 0 Å². The first-order valence-electron chi connectivity index (χ1n) is 6.54. The quantitative estimate of drug-likeness (QED) is 0.514. The summed E-state index contributed by atoms with van der Waals surface area (Å²) in [4.78, 5) is 20.7. The van der Waals surface area contributed by atoms with E-state index < -0.39 is 5.97 Å². The van der Waals surface area contributed by atoms with Gasteiger partial charge >= 0.3 is 5.97 Å². The number of ether oxygens (including phenoxy) is 1. The van der Waals surface area contributed by atoms with Crippen LogP contribution in [0.1, 0.15) is 36.0 Å². The molecule has 2 heterocycles. The van der Waals surface area contributed by atoms with Crippen molar-refractivity contribution in [1.29, 1.82) is 0 Å². The number of rotatable bonds is 5. The highest BCUT2D eigenvalue weighted by Gasteiger charge is 2.18. The third-order valence-corrected chi connectivity index (χ3v) is 4.89. The Labute approximate surface area is 131 Å². The van der Waals surface area contributed by atoms with Crippen molar-refractivity contribution in [3.05, 3.63) is 16.8 Å². The van der Waals surface area contributed by atoms with E-state index in [1.165, 1.54) is 17.7 Å². The number of hydrogen-bond donors (Lipinski definition) is 1. The molecule has 0 radical (unpaired) electrons. The van der Waals surface area contributed by atoms with E-state index in [4.69, 9.17) is 4.74 Å². The Morgan fingerprint density at radius 3 is 2.76 bits per heavy atom. The molecule has 0 aliphatic rings. The Morgan fingerprint density at radius 2 is 2.14 bits per heavy atom. The number of thiophene rings is 1. The average molecular weight is 326 g/mol. The summed E-state index contributed by atoms with van der Waals surface area (Å²) in [7, 11) is 0. The fraction of sp³-hybridized carbons (Fsp3) is 0.500. The zero-order valence-electron chi connectivity index (χ0n) is 12.5. The average Bonchev–Trinajstić information content (AvgIpc) is 2.72. The molecule has 0 bridgehead atoms. The molecule has 0 aliphatic carbocycles. The first-order chi connectivity index (χ1) is 9.79. The number of fused-ring (bicyclic) bond motifs is 1. The lowest BCUT2D eigenvalue weighted by molar-refractivity contribution is 0.00693. The molecule has 0 atom stereocenters. The van der Waals surface area contributed by atoms with E-state index in [1.54, 1.807) is 18.7 Å². The summed E-state index contributed by atoms with van der Waals surface area (Å²) < 4.78 is 5.68. The molecule has 0 saturated carbocycles. The van der Waals surface area contributed by atoms with E-state index in [2.05, 4.69) is 9.97 Å². The van der Waals surface area contributed by atoms with Crippen LogP contribution in [-0.4, -0.2) is 39.0 Å². The van der Waals surface area contributed by atoms with Crippen LogP contribution in [0.15, 0.2) is 11.4 Å². The van der Waals surface area contributed by atoms with Crippen molar-refractivity contribution < 1.29 is 14.6 Å². The maximum atomic E-state index is 11.2. The lowest BCUT2D eigenvalue weighted by atomic mass is 10.2. The van der Waals surface area contributed by atoms with Crippen LogP contribution >= 0.6 is 23.1 Å². The van der Waals surface area contributed by atoms with Gasteiger partial charge in [0.05, 0.1) is 12.2 Å². The molecule has 2 aromatic rings. The molecule has 0 aromatic carbocycles. The number of aryl methyl sites for hydroxylation is 1. The highest BCUT2D eigenvalue weighted by molar-refractivity contribution is 7.99. The first kappa shape index (κ1) is 16.2. The highest BCUT2D eigenvalue weighted by atomic mass is 32.2. The second-order valence-electron chi connectivity index (χ2n) is 5.53. The van der Waals surface area contributed by atoms with Crippen molar-refractivity contribution in [1.82, 2.24) is 9.97 Å². The Bertz CT molecular complexity index is 662. The maximum absolute atomic E-state index is 11.2. The Morgan fingerprint density at radius 1 is 1.43 bits per heavy atom. The minimum absolute atomic E-state index is 0.156. The molecule has 0 fully saturated rings. The molecule has 114 valence electrons. The van der Waals surface area contributed by atoms with E-state index in [1.807, 2.05) is 20.8 Å². The summed E-state index contributed by atoms with van der Waals surface area (Å²) >= 11 is 2.76. The number of carboxylic acid groups (broad SMARTS) is 1. The fourth-order valence-corrected chi connectivity index (χ4v) is 3.77. The van der Waals surface area contributed by atoms with Crippen molar-refractivity contribution in [2.24, 2.45) is 0 Å². The number of hydrogen-bond acceptors (Lipinski definition) is 6. The normalized spacial score (nSPS) is 12.0. The second-order valence-corrected chi connectivity index (χ2v) is 7.61. The van der Waals surface area contributed by atoms with Crippen molar-refractivity contribution >= 4 is 39.3 Å². The summed E-state index contributed by atoms with van der Waals surface area (Å²) in [6, 6.07) is 0. The van der Waals surface area contributed by atoms with Crippen molar-refractivity contribution in [2.45, 2.75) is 38.3 Å². The molecule has 0 aliphatic heterocycles. The first-order valence-corrected chi connectivity index (χ1v) is 8.34. The van der Waals surface area contributed by atoms with Crippen molar-refractivity contribution in [2.75, 3.05) is 12.4 Å². The van der Waals surface area contributed by atoms with Gasteiger partial charge in [0.15, 0.2) is 0 Å². The molecule has 2 aromatic heterocycles. The summed E-state index contributed by atoms with van der Waals surface area (Å²) in [6.45, 7) is 8.48. The van der Waals surface area contributed by atoms with E-state index in [9.17, 15) is 9.90 Å². The molecule has 0 spiro atoms. The minimum Gasteiger partial charge on any atom is -0.477 e. The molecule has 2 rings (SSSR count). The monoisotopic (exact) mass is 326 g/mol. The molecular formula is C14H18N2O3S2. The van der Waals surface area contributed by atoms with Crippen LogP contribution in [0.2, 0.25) is 0 Å². The zero-order valence-corrected chi connectivity index (χ0v) is 14.1. The van der Waals surface area contributed by atoms with Crippen LogP contribution in [0.25, 0.3) is 10.2 Å². The Balaban J connectivity index is 2.18. The molecule has 0 saturated heterocycles.